The molecule has 2 aromatic carbocycles. The Balaban J connectivity index is 1.91. The maximum Gasteiger partial charge on any atom is 0.268 e. The van der Waals surface area contributed by atoms with Crippen molar-refractivity contribution in [3.05, 3.63) is 70.6 Å². The Morgan fingerprint density at radius 2 is 1.68 bits per heavy atom. The smallest absolute Gasteiger partial charge is 0.268 e. The van der Waals surface area contributed by atoms with Crippen molar-refractivity contribution in [2.24, 2.45) is 0 Å². The zero-order chi connectivity index (χ0) is 20.1. The lowest BCUT2D eigenvalue weighted by atomic mass is 10.1. The van der Waals surface area contributed by atoms with Crippen molar-refractivity contribution in [2.75, 3.05) is 12.4 Å². The standard InChI is InChI=1S/C22H23NO4S/c1-15(2)27-18-10-8-17(9-11-18)19-20(28-13-12-24)22(26)23(21(19)25)14-16-6-4-3-5-7-16/h3-11,15,24H,12-14H2,1-2H3. The van der Waals surface area contributed by atoms with E-state index in [9.17, 15) is 14.7 Å². The van der Waals surface area contributed by atoms with Gasteiger partial charge in [-0.3, -0.25) is 14.5 Å². The van der Waals surface area contributed by atoms with Crippen molar-refractivity contribution < 1.29 is 19.4 Å². The summed E-state index contributed by atoms with van der Waals surface area (Å²) < 4.78 is 5.66. The summed E-state index contributed by atoms with van der Waals surface area (Å²) in [6.07, 6.45) is 0.0526. The zero-order valence-corrected chi connectivity index (χ0v) is 16.7. The van der Waals surface area contributed by atoms with E-state index in [1.807, 2.05) is 44.2 Å². The number of aliphatic hydroxyl groups excluding tert-OH is 1. The fourth-order valence-corrected chi connectivity index (χ4v) is 3.85. The van der Waals surface area contributed by atoms with Gasteiger partial charge >= 0.3 is 0 Å². The number of imide groups is 1. The number of thioether (sulfide) groups is 1. The van der Waals surface area contributed by atoms with Gasteiger partial charge in [0, 0.05) is 5.75 Å². The summed E-state index contributed by atoms with van der Waals surface area (Å²) in [4.78, 5) is 27.7. The van der Waals surface area contributed by atoms with Crippen LogP contribution in [-0.4, -0.2) is 40.3 Å². The van der Waals surface area contributed by atoms with Crippen LogP contribution in [0.5, 0.6) is 5.75 Å². The van der Waals surface area contributed by atoms with E-state index in [0.717, 1.165) is 5.56 Å². The van der Waals surface area contributed by atoms with E-state index in [0.29, 0.717) is 27.5 Å². The van der Waals surface area contributed by atoms with Crippen molar-refractivity contribution in [3.63, 3.8) is 0 Å². The van der Waals surface area contributed by atoms with Crippen LogP contribution in [-0.2, 0) is 16.1 Å². The second kappa shape index (κ2) is 9.08. The van der Waals surface area contributed by atoms with Crippen LogP contribution in [0.15, 0.2) is 59.5 Å². The van der Waals surface area contributed by atoms with E-state index in [1.165, 1.54) is 16.7 Å². The maximum absolute atomic E-state index is 13.1. The Bertz CT molecular complexity index is 875. The summed E-state index contributed by atoms with van der Waals surface area (Å²) in [6, 6.07) is 16.6. The molecule has 146 valence electrons. The molecule has 0 bridgehead atoms. The molecular formula is C22H23NO4S. The van der Waals surface area contributed by atoms with Gasteiger partial charge in [0.1, 0.15) is 5.75 Å². The van der Waals surface area contributed by atoms with E-state index in [2.05, 4.69) is 0 Å². The minimum Gasteiger partial charge on any atom is -0.491 e. The molecule has 0 aliphatic carbocycles. The third-order valence-electron chi connectivity index (χ3n) is 4.16. The lowest BCUT2D eigenvalue weighted by Crippen LogP contribution is -2.30. The highest BCUT2D eigenvalue weighted by Crippen LogP contribution is 2.37. The van der Waals surface area contributed by atoms with Crippen LogP contribution in [0, 0.1) is 0 Å². The van der Waals surface area contributed by atoms with Crippen molar-refractivity contribution in [2.45, 2.75) is 26.5 Å². The maximum atomic E-state index is 13.1. The largest absolute Gasteiger partial charge is 0.491 e. The monoisotopic (exact) mass is 397 g/mol. The minimum absolute atomic E-state index is 0.0526. The molecule has 2 aromatic rings. The number of amides is 2. The average molecular weight is 397 g/mol. The molecule has 6 heteroatoms. The quantitative estimate of drug-likeness (QED) is 0.691. The molecule has 0 radical (unpaired) electrons. The SMILES string of the molecule is CC(C)Oc1ccc(C2=C(SCCO)C(=O)N(Cc3ccccc3)C2=O)cc1. The zero-order valence-electron chi connectivity index (χ0n) is 15.9. The second-order valence-corrected chi connectivity index (χ2v) is 7.75. The van der Waals surface area contributed by atoms with Crippen LogP contribution in [0.2, 0.25) is 0 Å². The number of hydrogen-bond donors (Lipinski definition) is 1. The predicted molar refractivity (Wildman–Crippen MR) is 111 cm³/mol. The van der Waals surface area contributed by atoms with E-state index >= 15 is 0 Å². The van der Waals surface area contributed by atoms with Crippen LogP contribution in [0.3, 0.4) is 0 Å². The Morgan fingerprint density at radius 3 is 2.29 bits per heavy atom. The van der Waals surface area contributed by atoms with Gasteiger partial charge in [-0.1, -0.05) is 42.5 Å². The Hall–Kier alpha value is -2.57. The van der Waals surface area contributed by atoms with E-state index in [4.69, 9.17) is 4.74 Å². The Labute approximate surface area is 169 Å². The molecular weight excluding hydrogens is 374 g/mol. The van der Waals surface area contributed by atoms with Gasteiger partial charge in [-0.25, -0.2) is 0 Å². The van der Waals surface area contributed by atoms with Crippen molar-refractivity contribution >= 4 is 29.1 Å². The molecule has 1 heterocycles. The van der Waals surface area contributed by atoms with E-state index in [1.54, 1.807) is 24.3 Å². The van der Waals surface area contributed by atoms with Crippen LogP contribution < -0.4 is 4.74 Å². The first-order valence-electron chi connectivity index (χ1n) is 9.16. The van der Waals surface area contributed by atoms with Gasteiger partial charge in [-0.15, -0.1) is 11.8 Å². The van der Waals surface area contributed by atoms with Crippen LogP contribution >= 0.6 is 11.8 Å². The summed E-state index contributed by atoms with van der Waals surface area (Å²) in [7, 11) is 0. The van der Waals surface area contributed by atoms with Gasteiger partial charge in [-0.2, -0.15) is 0 Å². The summed E-state index contributed by atoms with van der Waals surface area (Å²) >= 11 is 1.21. The lowest BCUT2D eigenvalue weighted by molar-refractivity contribution is -0.137. The number of rotatable bonds is 8. The highest BCUT2D eigenvalue weighted by atomic mass is 32.2. The molecule has 0 fully saturated rings. The van der Waals surface area contributed by atoms with Crippen molar-refractivity contribution in [1.82, 2.24) is 4.90 Å². The molecule has 0 atom stereocenters. The van der Waals surface area contributed by atoms with Gasteiger partial charge in [0.05, 0.1) is 29.7 Å². The van der Waals surface area contributed by atoms with Crippen LogP contribution in [0.1, 0.15) is 25.0 Å². The molecule has 5 nitrogen and oxygen atoms in total. The Morgan fingerprint density at radius 1 is 1.00 bits per heavy atom. The summed E-state index contributed by atoms with van der Waals surface area (Å²) in [5, 5.41) is 9.19. The molecule has 1 N–H and O–H groups in total. The normalized spacial score (nSPS) is 14.4. The predicted octanol–water partition coefficient (Wildman–Crippen LogP) is 3.48. The first-order valence-corrected chi connectivity index (χ1v) is 10.1. The number of carbonyl (C=O) groups is 2. The Kier molecular flexibility index (Phi) is 6.54. The van der Waals surface area contributed by atoms with Gasteiger partial charge in [-0.05, 0) is 37.1 Å². The molecule has 0 saturated heterocycles. The topological polar surface area (TPSA) is 66.8 Å². The number of hydrogen-bond acceptors (Lipinski definition) is 5. The molecule has 3 rings (SSSR count). The van der Waals surface area contributed by atoms with Crippen LogP contribution in [0.4, 0.5) is 0 Å². The number of benzene rings is 2. The second-order valence-electron chi connectivity index (χ2n) is 6.65. The minimum atomic E-state index is -0.315. The molecule has 0 spiro atoms. The van der Waals surface area contributed by atoms with Crippen molar-refractivity contribution in [1.29, 1.82) is 0 Å². The number of aliphatic hydroxyl groups is 1. The van der Waals surface area contributed by atoms with E-state index in [-0.39, 0.29) is 31.1 Å². The molecule has 2 amide bonds. The van der Waals surface area contributed by atoms with Gasteiger partial charge in [0.25, 0.3) is 11.8 Å². The number of nitrogens with zero attached hydrogens (tertiary/aromatic N) is 1. The third-order valence-corrected chi connectivity index (χ3v) is 5.22. The summed E-state index contributed by atoms with van der Waals surface area (Å²) in [5.41, 5.74) is 1.94. The first-order chi connectivity index (χ1) is 13.5. The third kappa shape index (κ3) is 4.46. The van der Waals surface area contributed by atoms with Gasteiger partial charge < -0.3 is 9.84 Å². The van der Waals surface area contributed by atoms with Crippen molar-refractivity contribution in [3.8, 4) is 5.75 Å². The number of ether oxygens (including phenoxy) is 1. The molecule has 1 aliphatic rings. The van der Waals surface area contributed by atoms with Gasteiger partial charge in [0.2, 0.25) is 0 Å². The summed E-state index contributed by atoms with van der Waals surface area (Å²) in [5.74, 6) is 0.435. The molecule has 0 saturated carbocycles. The molecule has 1 aliphatic heterocycles. The first kappa shape index (κ1) is 20.2. The highest BCUT2D eigenvalue weighted by Gasteiger charge is 2.39. The number of carbonyl (C=O) groups excluding carboxylic acids is 2. The summed E-state index contributed by atoms with van der Waals surface area (Å²) in [6.45, 7) is 4.05. The fourth-order valence-electron chi connectivity index (χ4n) is 2.97. The highest BCUT2D eigenvalue weighted by molar-refractivity contribution is 8.04. The molecule has 28 heavy (non-hydrogen) atoms. The lowest BCUT2D eigenvalue weighted by Gasteiger charge is -2.15. The molecule has 0 aromatic heterocycles. The van der Waals surface area contributed by atoms with E-state index < -0.39 is 0 Å². The van der Waals surface area contributed by atoms with Crippen LogP contribution in [0.25, 0.3) is 5.57 Å². The average Bonchev–Trinajstić information content (AvgIpc) is 2.91. The fraction of sp³-hybridized carbons (Fsp3) is 0.273. The molecule has 0 unspecified atom stereocenters. The van der Waals surface area contributed by atoms with Gasteiger partial charge in [0.15, 0.2) is 0 Å².